The third-order valence-corrected chi connectivity index (χ3v) is 6.27. The van der Waals surface area contributed by atoms with Crippen LogP contribution in [0.3, 0.4) is 0 Å². The molecule has 3 aromatic heterocycles. The van der Waals surface area contributed by atoms with E-state index in [1.54, 1.807) is 12.4 Å². The summed E-state index contributed by atoms with van der Waals surface area (Å²) in [4.78, 5) is 23.2. The van der Waals surface area contributed by atoms with Gasteiger partial charge in [-0.2, -0.15) is 0 Å². The zero-order chi connectivity index (χ0) is 22.4. The number of pyridine rings is 2. The first kappa shape index (κ1) is 19.4. The second-order valence-electron chi connectivity index (χ2n) is 8.67. The van der Waals surface area contributed by atoms with E-state index in [0.717, 1.165) is 5.56 Å². The molecule has 0 radical (unpaired) electrons. The van der Waals surface area contributed by atoms with Crippen molar-refractivity contribution in [3.63, 3.8) is 0 Å². The molecule has 0 aliphatic heterocycles. The molecule has 0 spiro atoms. The van der Waals surface area contributed by atoms with Crippen molar-refractivity contribution in [3.8, 4) is 45.6 Å². The predicted octanol–water partition coefficient (Wildman–Crippen LogP) is 5.97. The van der Waals surface area contributed by atoms with Crippen LogP contribution in [0.15, 0.2) is 91.3 Å². The van der Waals surface area contributed by atoms with Crippen molar-refractivity contribution in [2.45, 2.75) is 19.3 Å². The molecule has 0 N–H and O–H groups in total. The molecule has 5 nitrogen and oxygen atoms in total. The van der Waals surface area contributed by atoms with Crippen molar-refractivity contribution < 1.29 is 0 Å². The highest BCUT2D eigenvalue weighted by Gasteiger charge is 2.35. The van der Waals surface area contributed by atoms with Gasteiger partial charge in [-0.15, -0.1) is 0 Å². The molecule has 33 heavy (non-hydrogen) atoms. The Morgan fingerprint density at radius 3 is 1.76 bits per heavy atom. The maximum atomic E-state index is 4.81. The predicted molar refractivity (Wildman–Crippen MR) is 129 cm³/mol. The van der Waals surface area contributed by atoms with Crippen molar-refractivity contribution >= 4 is 0 Å². The molecule has 0 saturated carbocycles. The van der Waals surface area contributed by atoms with Gasteiger partial charge in [0.15, 0.2) is 17.5 Å². The minimum absolute atomic E-state index is 0.0946. The van der Waals surface area contributed by atoms with E-state index in [2.05, 4.69) is 71.3 Å². The molecule has 1 aliphatic rings. The number of hydrogen-bond acceptors (Lipinski definition) is 5. The number of hydrogen-bond donors (Lipinski definition) is 0. The Morgan fingerprint density at radius 1 is 0.545 bits per heavy atom. The largest absolute Gasteiger partial charge is 0.253 e. The van der Waals surface area contributed by atoms with Crippen LogP contribution in [0.25, 0.3) is 45.6 Å². The van der Waals surface area contributed by atoms with Crippen molar-refractivity contribution in [3.05, 3.63) is 102 Å². The second kappa shape index (κ2) is 7.41. The number of aromatic nitrogens is 5. The molecule has 0 bridgehead atoms. The quantitative estimate of drug-likeness (QED) is 0.355. The highest BCUT2D eigenvalue weighted by molar-refractivity contribution is 5.83. The van der Waals surface area contributed by atoms with Gasteiger partial charge in [-0.1, -0.05) is 62.4 Å². The van der Waals surface area contributed by atoms with Crippen LogP contribution in [-0.4, -0.2) is 24.9 Å². The fourth-order valence-corrected chi connectivity index (χ4v) is 4.57. The summed E-state index contributed by atoms with van der Waals surface area (Å²) < 4.78 is 0. The molecular weight excluding hydrogens is 406 g/mol. The van der Waals surface area contributed by atoms with Crippen molar-refractivity contribution in [2.75, 3.05) is 0 Å². The Morgan fingerprint density at radius 2 is 1.12 bits per heavy atom. The molecule has 0 fully saturated rings. The Kier molecular flexibility index (Phi) is 4.37. The summed E-state index contributed by atoms with van der Waals surface area (Å²) in [7, 11) is 0. The zero-order valence-electron chi connectivity index (χ0n) is 18.4. The third-order valence-electron chi connectivity index (χ3n) is 6.27. The molecule has 0 unspecified atom stereocenters. The van der Waals surface area contributed by atoms with Crippen LogP contribution in [0.1, 0.15) is 25.0 Å². The Bertz CT molecular complexity index is 1420. The normalized spacial score (nSPS) is 13.4. The van der Waals surface area contributed by atoms with Crippen molar-refractivity contribution in [1.82, 2.24) is 24.9 Å². The van der Waals surface area contributed by atoms with Gasteiger partial charge in [0, 0.05) is 23.4 Å². The molecule has 6 rings (SSSR count). The number of nitrogens with zero attached hydrogens (tertiary/aromatic N) is 5. The van der Waals surface area contributed by atoms with Gasteiger partial charge in [-0.3, -0.25) is 9.97 Å². The van der Waals surface area contributed by atoms with E-state index in [1.165, 1.54) is 22.3 Å². The molecule has 2 aromatic carbocycles. The van der Waals surface area contributed by atoms with E-state index in [0.29, 0.717) is 28.9 Å². The standard InChI is InChI=1S/C28H21N5/c1-28(2)21-10-4-3-9-19(21)20-14-13-18(17-22(20)28)25-31-26(23-11-5-7-15-29-23)33-27(32-25)24-12-6-8-16-30-24/h3-17H,1-2H3. The van der Waals surface area contributed by atoms with Gasteiger partial charge >= 0.3 is 0 Å². The average molecular weight is 428 g/mol. The minimum Gasteiger partial charge on any atom is -0.253 e. The van der Waals surface area contributed by atoms with Crippen molar-refractivity contribution in [2.24, 2.45) is 0 Å². The lowest BCUT2D eigenvalue weighted by atomic mass is 9.82. The van der Waals surface area contributed by atoms with Gasteiger partial charge < -0.3 is 0 Å². The summed E-state index contributed by atoms with van der Waals surface area (Å²) in [6.07, 6.45) is 3.49. The van der Waals surface area contributed by atoms with E-state index in [9.17, 15) is 0 Å². The Labute approximate surface area is 192 Å². The maximum Gasteiger partial charge on any atom is 0.182 e. The summed E-state index contributed by atoms with van der Waals surface area (Å²) in [5, 5.41) is 0. The molecule has 5 heteroatoms. The fraction of sp³-hybridized carbons (Fsp3) is 0.107. The SMILES string of the molecule is CC1(C)c2ccccc2-c2ccc(-c3nc(-c4ccccn4)nc(-c4ccccn4)n3)cc21. The van der Waals surface area contributed by atoms with E-state index in [4.69, 9.17) is 9.97 Å². The van der Waals surface area contributed by atoms with E-state index < -0.39 is 0 Å². The first-order valence-electron chi connectivity index (χ1n) is 10.9. The highest BCUT2D eigenvalue weighted by Crippen LogP contribution is 2.49. The number of rotatable bonds is 3. The zero-order valence-corrected chi connectivity index (χ0v) is 18.4. The molecular formula is C28H21N5. The van der Waals surface area contributed by atoms with Crippen LogP contribution in [0, 0.1) is 0 Å². The molecule has 0 atom stereocenters. The first-order chi connectivity index (χ1) is 16.1. The highest BCUT2D eigenvalue weighted by atomic mass is 15.1. The average Bonchev–Trinajstić information content (AvgIpc) is 3.11. The van der Waals surface area contributed by atoms with Crippen molar-refractivity contribution in [1.29, 1.82) is 0 Å². The lowest BCUT2D eigenvalue weighted by Crippen LogP contribution is -2.15. The monoisotopic (exact) mass is 427 g/mol. The third kappa shape index (κ3) is 3.21. The molecule has 5 aromatic rings. The lowest BCUT2D eigenvalue weighted by molar-refractivity contribution is 0.660. The van der Waals surface area contributed by atoms with Gasteiger partial charge in [-0.05, 0) is 52.6 Å². The van der Waals surface area contributed by atoms with Crippen LogP contribution in [0.4, 0.5) is 0 Å². The van der Waals surface area contributed by atoms with Crippen LogP contribution < -0.4 is 0 Å². The lowest BCUT2D eigenvalue weighted by Gasteiger charge is -2.21. The van der Waals surface area contributed by atoms with E-state index in [-0.39, 0.29) is 5.41 Å². The molecule has 158 valence electrons. The Hall–Kier alpha value is -4.25. The van der Waals surface area contributed by atoms with E-state index in [1.807, 2.05) is 36.4 Å². The molecule has 3 heterocycles. The van der Waals surface area contributed by atoms with Crippen LogP contribution >= 0.6 is 0 Å². The van der Waals surface area contributed by atoms with Gasteiger partial charge in [0.25, 0.3) is 0 Å². The second-order valence-corrected chi connectivity index (χ2v) is 8.67. The van der Waals surface area contributed by atoms with Crippen LogP contribution in [0.5, 0.6) is 0 Å². The molecule has 0 saturated heterocycles. The first-order valence-corrected chi connectivity index (χ1v) is 10.9. The smallest absolute Gasteiger partial charge is 0.182 e. The van der Waals surface area contributed by atoms with Gasteiger partial charge in [0.05, 0.1) is 0 Å². The van der Waals surface area contributed by atoms with Gasteiger partial charge in [-0.25, -0.2) is 15.0 Å². The van der Waals surface area contributed by atoms with Gasteiger partial charge in [0.1, 0.15) is 11.4 Å². The number of benzene rings is 2. The molecule has 1 aliphatic carbocycles. The summed E-state index contributed by atoms with van der Waals surface area (Å²) in [5.74, 6) is 1.68. The fourth-order valence-electron chi connectivity index (χ4n) is 4.57. The summed E-state index contributed by atoms with van der Waals surface area (Å²) in [6, 6.07) is 26.6. The molecule has 0 amide bonds. The maximum absolute atomic E-state index is 4.81. The van der Waals surface area contributed by atoms with Crippen LogP contribution in [0.2, 0.25) is 0 Å². The van der Waals surface area contributed by atoms with Crippen LogP contribution in [-0.2, 0) is 5.41 Å². The topological polar surface area (TPSA) is 64.5 Å². The minimum atomic E-state index is -0.0946. The summed E-state index contributed by atoms with van der Waals surface area (Å²) in [6.45, 7) is 4.54. The number of fused-ring (bicyclic) bond motifs is 3. The summed E-state index contributed by atoms with van der Waals surface area (Å²) in [5.41, 5.74) is 7.44. The van der Waals surface area contributed by atoms with Gasteiger partial charge in [0.2, 0.25) is 0 Å². The summed E-state index contributed by atoms with van der Waals surface area (Å²) >= 11 is 0. The Balaban J connectivity index is 1.54. The van der Waals surface area contributed by atoms with E-state index >= 15 is 0 Å².